The van der Waals surface area contributed by atoms with Gasteiger partial charge >= 0.3 is 5.97 Å². The molecule has 1 saturated heterocycles. The Hall–Kier alpha value is -2.51. The van der Waals surface area contributed by atoms with Gasteiger partial charge < -0.3 is 19.7 Å². The highest BCUT2D eigenvalue weighted by Gasteiger charge is 2.51. The molecule has 2 aromatic rings. The van der Waals surface area contributed by atoms with Gasteiger partial charge in [0, 0.05) is 36.4 Å². The molecule has 7 heteroatoms. The number of rotatable bonds is 3. The minimum atomic E-state index is -0.567. The Morgan fingerprint density at radius 3 is 2.77 bits per heavy atom. The number of nitrogens with zero attached hydrogens (tertiary/aromatic N) is 1. The van der Waals surface area contributed by atoms with E-state index in [0.717, 1.165) is 0 Å². The van der Waals surface area contributed by atoms with Crippen LogP contribution >= 0.6 is 0 Å². The number of halogens is 1. The molecule has 2 bridgehead atoms. The number of methoxy groups -OCH3 is 1. The second-order valence-electron chi connectivity index (χ2n) is 6.71. The zero-order chi connectivity index (χ0) is 18.4. The zero-order valence-corrected chi connectivity index (χ0v) is 14.2. The van der Waals surface area contributed by atoms with Crippen LogP contribution in [-0.4, -0.2) is 35.4 Å². The summed E-state index contributed by atoms with van der Waals surface area (Å²) in [6.07, 6.45) is 0. The molecule has 4 rings (SSSR count). The summed E-state index contributed by atoms with van der Waals surface area (Å²) in [6, 6.07) is 8.84. The van der Waals surface area contributed by atoms with E-state index in [2.05, 4.69) is 5.32 Å². The molecule has 2 N–H and O–H groups in total. The third kappa shape index (κ3) is 2.39. The minimum Gasteiger partial charge on any atom is -0.469 e. The molecule has 6 nitrogen and oxygen atoms in total. The van der Waals surface area contributed by atoms with Crippen LogP contribution in [0.15, 0.2) is 41.2 Å². The van der Waals surface area contributed by atoms with Crippen molar-refractivity contribution in [2.75, 3.05) is 13.7 Å². The Morgan fingerprint density at radius 1 is 1.31 bits per heavy atom. The third-order valence-electron chi connectivity index (χ3n) is 5.48. The van der Waals surface area contributed by atoms with Crippen LogP contribution in [0.4, 0.5) is 4.39 Å². The first kappa shape index (κ1) is 16.9. The standard InChI is InChI=1S/C19H19FN2O4/c1-26-19(25)16-12(9-23)14-8-22-15(17(16)21-14)7-6-11(18(22)24)10-4-2-3-5-13(10)20/h2-7,12,14,16-17,21,23H,8-9H2,1H3/t12-,14-,16+,17+/m1/s1. The van der Waals surface area contributed by atoms with Gasteiger partial charge in [0.2, 0.25) is 0 Å². The number of nitrogens with one attached hydrogen (secondary N) is 1. The number of pyridine rings is 1. The van der Waals surface area contributed by atoms with E-state index in [1.165, 1.54) is 13.2 Å². The van der Waals surface area contributed by atoms with Crippen molar-refractivity contribution in [3.05, 3.63) is 58.3 Å². The Morgan fingerprint density at radius 2 is 2.08 bits per heavy atom. The van der Waals surface area contributed by atoms with Gasteiger partial charge in [-0.25, -0.2) is 4.39 Å². The first-order valence-corrected chi connectivity index (χ1v) is 8.50. The summed E-state index contributed by atoms with van der Waals surface area (Å²) in [7, 11) is 1.31. The fourth-order valence-corrected chi connectivity index (χ4v) is 4.23. The fraction of sp³-hybridized carbons (Fsp3) is 0.368. The highest BCUT2D eigenvalue weighted by atomic mass is 19.1. The Bertz CT molecular complexity index is 926. The van der Waals surface area contributed by atoms with Crippen LogP contribution < -0.4 is 10.9 Å². The van der Waals surface area contributed by atoms with E-state index < -0.39 is 23.7 Å². The van der Waals surface area contributed by atoms with Gasteiger partial charge in [-0.05, 0) is 18.2 Å². The molecular weight excluding hydrogens is 339 g/mol. The number of aliphatic hydroxyl groups excluding tert-OH is 1. The van der Waals surface area contributed by atoms with Crippen LogP contribution in [-0.2, 0) is 16.1 Å². The molecule has 2 aliphatic rings. The first-order valence-electron chi connectivity index (χ1n) is 8.50. The van der Waals surface area contributed by atoms with Crippen molar-refractivity contribution in [2.24, 2.45) is 11.8 Å². The van der Waals surface area contributed by atoms with Crippen molar-refractivity contribution in [2.45, 2.75) is 18.6 Å². The number of hydrogen-bond acceptors (Lipinski definition) is 5. The molecule has 0 aliphatic carbocycles. The second kappa shape index (κ2) is 6.34. The second-order valence-corrected chi connectivity index (χ2v) is 6.71. The summed E-state index contributed by atoms with van der Waals surface area (Å²) in [5, 5.41) is 13.1. The molecule has 1 aromatic carbocycles. The van der Waals surface area contributed by atoms with Crippen molar-refractivity contribution in [1.82, 2.24) is 9.88 Å². The van der Waals surface area contributed by atoms with Gasteiger partial charge in [-0.3, -0.25) is 9.59 Å². The molecule has 4 atom stereocenters. The number of esters is 1. The number of carbonyl (C=O) groups excluding carboxylic acids is 1. The molecule has 0 spiro atoms. The Balaban J connectivity index is 1.84. The van der Waals surface area contributed by atoms with Gasteiger partial charge in [-0.1, -0.05) is 18.2 Å². The van der Waals surface area contributed by atoms with Gasteiger partial charge in [0.15, 0.2) is 0 Å². The molecule has 2 aliphatic heterocycles. The lowest BCUT2D eigenvalue weighted by Crippen LogP contribution is -2.43. The summed E-state index contributed by atoms with van der Waals surface area (Å²) in [6.45, 7) is 0.128. The lowest BCUT2D eigenvalue weighted by molar-refractivity contribution is -0.147. The SMILES string of the molecule is COC(=O)[C@H]1[C@H](CO)[C@H]2Cn3c(ccc(-c4ccccc4F)c3=O)[C@@H]1N2. The topological polar surface area (TPSA) is 80.6 Å². The predicted molar refractivity (Wildman–Crippen MR) is 91.8 cm³/mol. The van der Waals surface area contributed by atoms with Crippen molar-refractivity contribution < 1.29 is 19.0 Å². The van der Waals surface area contributed by atoms with Gasteiger partial charge in [-0.15, -0.1) is 0 Å². The zero-order valence-electron chi connectivity index (χ0n) is 14.2. The lowest BCUT2D eigenvalue weighted by Gasteiger charge is -2.28. The number of hydrogen-bond donors (Lipinski definition) is 2. The minimum absolute atomic E-state index is 0.184. The van der Waals surface area contributed by atoms with Crippen LogP contribution in [0.2, 0.25) is 0 Å². The summed E-state index contributed by atoms with van der Waals surface area (Å²) in [5.74, 6) is -1.78. The molecule has 0 radical (unpaired) electrons. The van der Waals surface area contributed by atoms with Gasteiger partial charge in [0.1, 0.15) is 5.82 Å². The van der Waals surface area contributed by atoms with Crippen molar-refractivity contribution >= 4 is 5.97 Å². The number of aliphatic hydroxyl groups is 1. The summed E-state index contributed by atoms with van der Waals surface area (Å²) < 4.78 is 20.6. The van der Waals surface area contributed by atoms with Crippen molar-refractivity contribution in [3.63, 3.8) is 0 Å². The van der Waals surface area contributed by atoms with E-state index in [1.807, 2.05) is 0 Å². The average Bonchev–Trinajstić information content (AvgIpc) is 2.95. The fourth-order valence-electron chi connectivity index (χ4n) is 4.23. The summed E-state index contributed by atoms with van der Waals surface area (Å²) >= 11 is 0. The van der Waals surface area contributed by atoms with E-state index in [4.69, 9.17) is 4.74 Å². The molecular formula is C19H19FN2O4. The third-order valence-corrected chi connectivity index (χ3v) is 5.48. The highest BCUT2D eigenvalue weighted by Crippen LogP contribution is 2.41. The van der Waals surface area contributed by atoms with E-state index in [0.29, 0.717) is 12.2 Å². The molecule has 1 fully saturated rings. The lowest BCUT2D eigenvalue weighted by atomic mass is 9.87. The summed E-state index contributed by atoms with van der Waals surface area (Å²) in [4.78, 5) is 25.3. The van der Waals surface area contributed by atoms with Crippen LogP contribution in [0.25, 0.3) is 11.1 Å². The number of benzene rings is 1. The quantitative estimate of drug-likeness (QED) is 0.803. The van der Waals surface area contributed by atoms with E-state index in [1.54, 1.807) is 34.9 Å². The molecule has 0 unspecified atom stereocenters. The van der Waals surface area contributed by atoms with Crippen LogP contribution in [0.1, 0.15) is 11.7 Å². The number of aromatic nitrogens is 1. The van der Waals surface area contributed by atoms with E-state index >= 15 is 0 Å². The van der Waals surface area contributed by atoms with E-state index in [-0.39, 0.29) is 35.3 Å². The smallest absolute Gasteiger partial charge is 0.311 e. The average molecular weight is 358 g/mol. The maximum Gasteiger partial charge on any atom is 0.311 e. The van der Waals surface area contributed by atoms with Crippen LogP contribution in [0.5, 0.6) is 0 Å². The van der Waals surface area contributed by atoms with Crippen molar-refractivity contribution in [1.29, 1.82) is 0 Å². The van der Waals surface area contributed by atoms with Crippen LogP contribution in [0, 0.1) is 17.7 Å². The number of ether oxygens (including phenoxy) is 1. The van der Waals surface area contributed by atoms with Gasteiger partial charge in [0.05, 0.1) is 24.6 Å². The Labute approximate surface area is 149 Å². The van der Waals surface area contributed by atoms with E-state index in [9.17, 15) is 19.1 Å². The molecule has 136 valence electrons. The van der Waals surface area contributed by atoms with Crippen LogP contribution in [0.3, 0.4) is 0 Å². The maximum atomic E-state index is 14.1. The maximum absolute atomic E-state index is 14.1. The van der Waals surface area contributed by atoms with Crippen molar-refractivity contribution in [3.8, 4) is 11.1 Å². The normalized spacial score (nSPS) is 26.4. The monoisotopic (exact) mass is 358 g/mol. The predicted octanol–water partition coefficient (Wildman–Crippen LogP) is 1.08. The number of fused-ring (bicyclic) bond motifs is 4. The molecule has 0 amide bonds. The summed E-state index contributed by atoms with van der Waals surface area (Å²) in [5.41, 5.74) is 0.884. The molecule has 3 heterocycles. The highest BCUT2D eigenvalue weighted by molar-refractivity contribution is 5.75. The molecule has 1 aromatic heterocycles. The molecule has 26 heavy (non-hydrogen) atoms. The van der Waals surface area contributed by atoms with Gasteiger partial charge in [-0.2, -0.15) is 0 Å². The number of carbonyl (C=O) groups is 1. The first-order chi connectivity index (χ1) is 12.6. The molecule has 0 saturated carbocycles. The largest absolute Gasteiger partial charge is 0.469 e. The van der Waals surface area contributed by atoms with Gasteiger partial charge in [0.25, 0.3) is 5.56 Å². The Kier molecular flexibility index (Phi) is 4.13.